The molecule has 0 aliphatic carbocycles. The molecule has 0 aliphatic rings. The first kappa shape index (κ1) is 12.4. The van der Waals surface area contributed by atoms with E-state index in [0.29, 0.717) is 16.7 Å². The molecule has 3 aromatic rings. The number of hydrogen-bond acceptors (Lipinski definition) is 3. The molecule has 0 N–H and O–H groups in total. The van der Waals surface area contributed by atoms with Crippen molar-refractivity contribution in [3.05, 3.63) is 59.9 Å². The highest BCUT2D eigenvalue weighted by molar-refractivity contribution is 5.95. The van der Waals surface area contributed by atoms with Crippen LogP contribution in [0.4, 0.5) is 4.39 Å². The van der Waals surface area contributed by atoms with Crippen molar-refractivity contribution in [1.29, 1.82) is 0 Å². The molecule has 3 nitrogen and oxygen atoms in total. The molecule has 1 aromatic heterocycles. The topological polar surface area (TPSA) is 39.4 Å². The fourth-order valence-corrected chi connectivity index (χ4v) is 2.07. The van der Waals surface area contributed by atoms with Crippen LogP contribution in [-0.4, -0.2) is 13.1 Å². The molecule has 0 saturated heterocycles. The van der Waals surface area contributed by atoms with Gasteiger partial charge in [-0.2, -0.15) is 0 Å². The number of methoxy groups -OCH3 is 1. The van der Waals surface area contributed by atoms with Crippen LogP contribution in [-0.2, 0) is 4.74 Å². The molecular formula is C16H11FO3. The minimum absolute atomic E-state index is 0.0968. The van der Waals surface area contributed by atoms with Gasteiger partial charge in [0, 0.05) is 17.0 Å². The van der Waals surface area contributed by atoms with E-state index in [2.05, 4.69) is 4.74 Å². The molecule has 2 aromatic carbocycles. The number of rotatable bonds is 2. The van der Waals surface area contributed by atoms with Gasteiger partial charge in [0.1, 0.15) is 17.2 Å². The van der Waals surface area contributed by atoms with Crippen LogP contribution in [0.2, 0.25) is 0 Å². The average Bonchev–Trinajstić information content (AvgIpc) is 2.89. The van der Waals surface area contributed by atoms with E-state index in [-0.39, 0.29) is 5.56 Å². The molecule has 0 fully saturated rings. The molecule has 3 rings (SSSR count). The summed E-state index contributed by atoms with van der Waals surface area (Å²) in [5, 5.41) is 0.658. The first-order chi connectivity index (χ1) is 9.69. The van der Waals surface area contributed by atoms with Gasteiger partial charge in [0.2, 0.25) is 0 Å². The number of ether oxygens (including phenoxy) is 1. The van der Waals surface area contributed by atoms with Gasteiger partial charge < -0.3 is 9.15 Å². The van der Waals surface area contributed by atoms with Gasteiger partial charge in [0.05, 0.1) is 12.7 Å². The van der Waals surface area contributed by atoms with Crippen LogP contribution in [0.15, 0.2) is 52.9 Å². The van der Waals surface area contributed by atoms with Gasteiger partial charge in [-0.25, -0.2) is 9.18 Å². The Morgan fingerprint density at radius 2 is 1.90 bits per heavy atom. The lowest BCUT2D eigenvalue weighted by atomic mass is 10.1. The van der Waals surface area contributed by atoms with Gasteiger partial charge in [-0.05, 0) is 12.1 Å². The summed E-state index contributed by atoms with van der Waals surface area (Å²) in [5.74, 6) is -0.729. The second-order valence-corrected chi connectivity index (χ2v) is 4.34. The summed E-state index contributed by atoms with van der Waals surface area (Å²) in [6.45, 7) is 0. The van der Waals surface area contributed by atoms with Crippen LogP contribution in [0.1, 0.15) is 10.4 Å². The third-order valence-corrected chi connectivity index (χ3v) is 3.07. The molecule has 100 valence electrons. The summed E-state index contributed by atoms with van der Waals surface area (Å²) in [5.41, 5.74) is 1.19. The number of carbonyl (C=O) groups is 1. The van der Waals surface area contributed by atoms with E-state index in [0.717, 1.165) is 5.56 Å². The minimum Gasteiger partial charge on any atom is -0.465 e. The summed E-state index contributed by atoms with van der Waals surface area (Å²) in [7, 11) is 1.22. The predicted molar refractivity (Wildman–Crippen MR) is 72.9 cm³/mol. The van der Waals surface area contributed by atoms with Crippen molar-refractivity contribution in [2.45, 2.75) is 0 Å². The smallest absolute Gasteiger partial charge is 0.340 e. The summed E-state index contributed by atoms with van der Waals surface area (Å²) in [4.78, 5) is 11.5. The lowest BCUT2D eigenvalue weighted by molar-refractivity contribution is 0.0595. The van der Waals surface area contributed by atoms with Crippen molar-refractivity contribution in [2.24, 2.45) is 0 Å². The highest BCUT2D eigenvalue weighted by Crippen LogP contribution is 2.29. The quantitative estimate of drug-likeness (QED) is 0.660. The van der Waals surface area contributed by atoms with E-state index in [1.54, 1.807) is 6.07 Å². The SMILES string of the molecule is COC(=O)c1cc2cc(-c3ccccc3)oc2cc1F. The highest BCUT2D eigenvalue weighted by atomic mass is 19.1. The lowest BCUT2D eigenvalue weighted by Gasteiger charge is -2.00. The second-order valence-electron chi connectivity index (χ2n) is 4.34. The monoisotopic (exact) mass is 270 g/mol. The fourth-order valence-electron chi connectivity index (χ4n) is 2.07. The van der Waals surface area contributed by atoms with Crippen molar-refractivity contribution in [1.82, 2.24) is 0 Å². The molecule has 20 heavy (non-hydrogen) atoms. The molecule has 0 spiro atoms. The number of hydrogen-bond donors (Lipinski definition) is 0. The van der Waals surface area contributed by atoms with E-state index >= 15 is 0 Å². The summed E-state index contributed by atoms with van der Waals surface area (Å²) >= 11 is 0. The molecule has 0 aliphatic heterocycles. The van der Waals surface area contributed by atoms with Crippen LogP contribution < -0.4 is 0 Å². The van der Waals surface area contributed by atoms with Crippen molar-refractivity contribution >= 4 is 16.9 Å². The van der Waals surface area contributed by atoms with Crippen LogP contribution in [0.5, 0.6) is 0 Å². The summed E-state index contributed by atoms with van der Waals surface area (Å²) in [6, 6.07) is 13.9. The number of fused-ring (bicyclic) bond motifs is 1. The van der Waals surface area contributed by atoms with Crippen LogP contribution in [0.3, 0.4) is 0 Å². The third-order valence-electron chi connectivity index (χ3n) is 3.07. The van der Waals surface area contributed by atoms with Gasteiger partial charge in [-0.3, -0.25) is 0 Å². The average molecular weight is 270 g/mol. The van der Waals surface area contributed by atoms with Crippen LogP contribution in [0.25, 0.3) is 22.3 Å². The van der Waals surface area contributed by atoms with E-state index in [9.17, 15) is 9.18 Å². The molecular weight excluding hydrogens is 259 g/mol. The summed E-state index contributed by atoms with van der Waals surface area (Å²) in [6.07, 6.45) is 0. The molecule has 1 heterocycles. The molecule has 0 amide bonds. The van der Waals surface area contributed by atoms with Crippen molar-refractivity contribution in [3.8, 4) is 11.3 Å². The van der Waals surface area contributed by atoms with E-state index in [1.165, 1.54) is 19.2 Å². The van der Waals surface area contributed by atoms with Crippen LogP contribution >= 0.6 is 0 Å². The Morgan fingerprint density at radius 1 is 1.15 bits per heavy atom. The molecule has 0 radical (unpaired) electrons. The standard InChI is InChI=1S/C16H11FO3/c1-19-16(18)12-7-11-8-14(10-5-3-2-4-6-10)20-15(11)9-13(12)17/h2-9H,1H3. The Hall–Kier alpha value is -2.62. The van der Waals surface area contributed by atoms with Gasteiger partial charge in [0.25, 0.3) is 0 Å². The van der Waals surface area contributed by atoms with Gasteiger partial charge in [-0.1, -0.05) is 30.3 Å². The maximum atomic E-state index is 13.8. The van der Waals surface area contributed by atoms with Crippen molar-refractivity contribution in [3.63, 3.8) is 0 Å². The van der Waals surface area contributed by atoms with Crippen molar-refractivity contribution < 1.29 is 18.3 Å². The van der Waals surface area contributed by atoms with E-state index < -0.39 is 11.8 Å². The zero-order valence-electron chi connectivity index (χ0n) is 10.7. The first-order valence-electron chi connectivity index (χ1n) is 6.06. The molecule has 0 atom stereocenters. The number of carbonyl (C=O) groups excluding carboxylic acids is 1. The first-order valence-corrected chi connectivity index (χ1v) is 6.06. The lowest BCUT2D eigenvalue weighted by Crippen LogP contribution is -2.03. The Kier molecular flexibility index (Phi) is 2.99. The maximum absolute atomic E-state index is 13.8. The number of halogens is 1. The molecule has 4 heteroatoms. The van der Waals surface area contributed by atoms with Gasteiger partial charge in [-0.15, -0.1) is 0 Å². The van der Waals surface area contributed by atoms with E-state index in [1.807, 2.05) is 30.3 Å². The summed E-state index contributed by atoms with van der Waals surface area (Å²) < 4.78 is 24.0. The van der Waals surface area contributed by atoms with Crippen LogP contribution in [0, 0.1) is 5.82 Å². The number of benzene rings is 2. The Labute approximate surface area is 114 Å². The minimum atomic E-state index is -0.702. The zero-order chi connectivity index (χ0) is 14.1. The second kappa shape index (κ2) is 4.81. The molecule has 0 bridgehead atoms. The van der Waals surface area contributed by atoms with E-state index in [4.69, 9.17) is 4.42 Å². The molecule has 0 saturated carbocycles. The van der Waals surface area contributed by atoms with Crippen molar-refractivity contribution in [2.75, 3.05) is 7.11 Å². The third kappa shape index (κ3) is 2.05. The number of esters is 1. The van der Waals surface area contributed by atoms with Gasteiger partial charge >= 0.3 is 5.97 Å². The maximum Gasteiger partial charge on any atom is 0.340 e. The fraction of sp³-hybridized carbons (Fsp3) is 0.0625. The molecule has 0 unspecified atom stereocenters. The number of furan rings is 1. The normalized spacial score (nSPS) is 10.7. The predicted octanol–water partition coefficient (Wildman–Crippen LogP) is 4.03. The zero-order valence-corrected chi connectivity index (χ0v) is 10.7. The largest absolute Gasteiger partial charge is 0.465 e. The van der Waals surface area contributed by atoms with Gasteiger partial charge in [0.15, 0.2) is 0 Å². The Balaban J connectivity index is 2.15. The highest BCUT2D eigenvalue weighted by Gasteiger charge is 2.16. The Bertz CT molecular complexity index is 775. The Morgan fingerprint density at radius 3 is 2.60 bits per heavy atom.